The van der Waals surface area contributed by atoms with Crippen LogP contribution in [0.25, 0.3) is 0 Å². The fourth-order valence-corrected chi connectivity index (χ4v) is 2.51. The molecule has 2 aromatic carbocycles. The minimum Gasteiger partial charge on any atom is -0.508 e. The molecule has 30 heavy (non-hydrogen) atoms. The highest BCUT2D eigenvalue weighted by Crippen LogP contribution is 2.09. The van der Waals surface area contributed by atoms with Gasteiger partial charge >= 0.3 is 0 Å². The SMILES string of the molecule is O=C(CCCCCCC(=O)N/N=C/c1ccc(O)cc1)N/N=C/c1ccc(O)cc1. The molecule has 8 heteroatoms. The summed E-state index contributed by atoms with van der Waals surface area (Å²) < 4.78 is 0. The van der Waals surface area contributed by atoms with Crippen molar-refractivity contribution in [2.24, 2.45) is 10.2 Å². The van der Waals surface area contributed by atoms with Crippen molar-refractivity contribution < 1.29 is 19.8 Å². The van der Waals surface area contributed by atoms with Crippen LogP contribution >= 0.6 is 0 Å². The number of hydrogen-bond donors (Lipinski definition) is 4. The maximum atomic E-state index is 11.7. The quantitative estimate of drug-likeness (QED) is 0.258. The Kier molecular flexibility index (Phi) is 9.58. The highest BCUT2D eigenvalue weighted by atomic mass is 16.3. The van der Waals surface area contributed by atoms with Gasteiger partial charge in [0.05, 0.1) is 12.4 Å². The van der Waals surface area contributed by atoms with E-state index in [0.29, 0.717) is 12.8 Å². The van der Waals surface area contributed by atoms with Crippen molar-refractivity contribution in [3.05, 3.63) is 59.7 Å². The van der Waals surface area contributed by atoms with Gasteiger partial charge in [-0.15, -0.1) is 0 Å². The zero-order valence-electron chi connectivity index (χ0n) is 16.6. The summed E-state index contributed by atoms with van der Waals surface area (Å²) in [6.07, 6.45) is 6.91. The largest absolute Gasteiger partial charge is 0.508 e. The van der Waals surface area contributed by atoms with Gasteiger partial charge in [-0.2, -0.15) is 10.2 Å². The fraction of sp³-hybridized carbons (Fsp3) is 0.273. The highest BCUT2D eigenvalue weighted by molar-refractivity contribution is 5.83. The minimum atomic E-state index is -0.161. The molecule has 2 rings (SSSR count). The molecule has 0 spiro atoms. The van der Waals surface area contributed by atoms with Gasteiger partial charge < -0.3 is 10.2 Å². The molecule has 0 bridgehead atoms. The lowest BCUT2D eigenvalue weighted by Gasteiger charge is -2.02. The van der Waals surface area contributed by atoms with E-state index in [1.165, 1.54) is 12.4 Å². The number of phenols is 2. The molecular weight excluding hydrogens is 384 g/mol. The van der Waals surface area contributed by atoms with E-state index in [1.54, 1.807) is 48.5 Å². The van der Waals surface area contributed by atoms with Crippen LogP contribution in [0.3, 0.4) is 0 Å². The van der Waals surface area contributed by atoms with E-state index in [-0.39, 0.29) is 23.3 Å². The summed E-state index contributed by atoms with van der Waals surface area (Å²) in [4.78, 5) is 23.4. The minimum absolute atomic E-state index is 0.161. The molecule has 0 fully saturated rings. The molecule has 0 saturated carbocycles. The monoisotopic (exact) mass is 410 g/mol. The highest BCUT2D eigenvalue weighted by Gasteiger charge is 2.02. The van der Waals surface area contributed by atoms with Crippen LogP contribution in [0.1, 0.15) is 49.7 Å². The maximum absolute atomic E-state index is 11.7. The summed E-state index contributed by atoms with van der Waals surface area (Å²) in [7, 11) is 0. The molecular formula is C22H26N4O4. The first-order valence-corrected chi connectivity index (χ1v) is 9.75. The summed E-state index contributed by atoms with van der Waals surface area (Å²) in [6, 6.07) is 13.0. The molecule has 2 amide bonds. The van der Waals surface area contributed by atoms with E-state index in [4.69, 9.17) is 0 Å². The summed E-state index contributed by atoms with van der Waals surface area (Å²) >= 11 is 0. The second-order valence-corrected chi connectivity index (χ2v) is 6.68. The number of rotatable bonds is 11. The van der Waals surface area contributed by atoms with Crippen LogP contribution in [0.2, 0.25) is 0 Å². The Bertz CT molecular complexity index is 788. The number of nitrogens with zero attached hydrogens (tertiary/aromatic N) is 2. The van der Waals surface area contributed by atoms with E-state index in [0.717, 1.165) is 36.8 Å². The van der Waals surface area contributed by atoms with Crippen molar-refractivity contribution in [1.29, 1.82) is 0 Å². The van der Waals surface area contributed by atoms with E-state index in [1.807, 2.05) is 0 Å². The molecule has 0 atom stereocenters. The third-order valence-corrected chi connectivity index (χ3v) is 4.15. The maximum Gasteiger partial charge on any atom is 0.240 e. The van der Waals surface area contributed by atoms with Gasteiger partial charge in [0.25, 0.3) is 0 Å². The predicted octanol–water partition coefficient (Wildman–Crippen LogP) is 3.04. The number of carbonyl (C=O) groups excluding carboxylic acids is 2. The van der Waals surface area contributed by atoms with Gasteiger partial charge in [-0.25, -0.2) is 10.9 Å². The van der Waals surface area contributed by atoms with Gasteiger partial charge in [0.2, 0.25) is 11.8 Å². The molecule has 0 aliphatic rings. The van der Waals surface area contributed by atoms with Crippen molar-refractivity contribution >= 4 is 24.2 Å². The second-order valence-electron chi connectivity index (χ2n) is 6.68. The Balaban J connectivity index is 1.49. The second kappa shape index (κ2) is 12.7. The zero-order chi connectivity index (χ0) is 21.6. The van der Waals surface area contributed by atoms with Crippen molar-refractivity contribution in [2.45, 2.75) is 38.5 Å². The van der Waals surface area contributed by atoms with Crippen molar-refractivity contribution in [3.63, 3.8) is 0 Å². The number of aromatic hydroxyl groups is 2. The third kappa shape index (κ3) is 9.50. The molecule has 0 aliphatic carbocycles. The number of benzene rings is 2. The van der Waals surface area contributed by atoms with Gasteiger partial charge in [-0.1, -0.05) is 12.8 Å². The van der Waals surface area contributed by atoms with Crippen LogP contribution in [0.15, 0.2) is 58.7 Å². The first kappa shape index (κ1) is 22.6. The summed E-state index contributed by atoms with van der Waals surface area (Å²) in [5.41, 5.74) is 6.49. The number of phenolic OH excluding ortho intramolecular Hbond substituents is 2. The Morgan fingerprint density at radius 1 is 0.667 bits per heavy atom. The van der Waals surface area contributed by atoms with Crippen LogP contribution in [-0.2, 0) is 9.59 Å². The third-order valence-electron chi connectivity index (χ3n) is 4.15. The first-order chi connectivity index (χ1) is 14.5. The molecule has 2 aromatic rings. The van der Waals surface area contributed by atoms with Crippen LogP contribution in [-0.4, -0.2) is 34.5 Å². The van der Waals surface area contributed by atoms with Crippen LogP contribution in [0, 0.1) is 0 Å². The predicted molar refractivity (Wildman–Crippen MR) is 115 cm³/mol. The normalized spacial score (nSPS) is 11.1. The molecule has 158 valence electrons. The molecule has 0 saturated heterocycles. The summed E-state index contributed by atoms with van der Waals surface area (Å²) in [5, 5.41) is 26.2. The van der Waals surface area contributed by atoms with Crippen LogP contribution in [0.4, 0.5) is 0 Å². The molecule has 0 aromatic heterocycles. The number of carbonyl (C=O) groups is 2. The van der Waals surface area contributed by atoms with E-state index in [9.17, 15) is 19.8 Å². The number of amides is 2. The molecule has 0 heterocycles. The van der Waals surface area contributed by atoms with Crippen molar-refractivity contribution in [3.8, 4) is 11.5 Å². The molecule has 4 N–H and O–H groups in total. The Hall–Kier alpha value is -3.68. The van der Waals surface area contributed by atoms with Crippen molar-refractivity contribution in [2.75, 3.05) is 0 Å². The van der Waals surface area contributed by atoms with Gasteiger partial charge in [-0.05, 0) is 72.5 Å². The average molecular weight is 410 g/mol. The molecule has 0 unspecified atom stereocenters. The lowest BCUT2D eigenvalue weighted by Crippen LogP contribution is -2.17. The molecule has 8 nitrogen and oxygen atoms in total. The van der Waals surface area contributed by atoms with Gasteiger partial charge in [0.1, 0.15) is 11.5 Å². The standard InChI is InChI=1S/C22H26N4O4/c27-19-11-7-17(8-12-19)15-23-25-21(29)5-3-1-2-4-6-22(30)26-24-16-18-9-13-20(28)14-10-18/h7-16,27-28H,1-6H2,(H,25,29)(H,26,30)/b23-15+,24-16+. The number of unbranched alkanes of at least 4 members (excludes halogenated alkanes) is 3. The smallest absolute Gasteiger partial charge is 0.240 e. The summed E-state index contributed by atoms with van der Waals surface area (Å²) in [6.45, 7) is 0. The van der Waals surface area contributed by atoms with Crippen LogP contribution in [0.5, 0.6) is 11.5 Å². The lowest BCUT2D eigenvalue weighted by molar-refractivity contribution is -0.122. The number of hydrazone groups is 2. The zero-order valence-corrected chi connectivity index (χ0v) is 16.6. The van der Waals surface area contributed by atoms with E-state index in [2.05, 4.69) is 21.1 Å². The Morgan fingerprint density at radius 2 is 1.03 bits per heavy atom. The van der Waals surface area contributed by atoms with Gasteiger partial charge in [-0.3, -0.25) is 9.59 Å². The van der Waals surface area contributed by atoms with E-state index < -0.39 is 0 Å². The molecule has 0 aliphatic heterocycles. The molecule has 0 radical (unpaired) electrons. The Labute approximate surface area is 175 Å². The number of nitrogens with one attached hydrogen (secondary N) is 2. The van der Waals surface area contributed by atoms with Gasteiger partial charge in [0.15, 0.2) is 0 Å². The van der Waals surface area contributed by atoms with Crippen molar-refractivity contribution in [1.82, 2.24) is 10.9 Å². The number of hydrogen-bond acceptors (Lipinski definition) is 6. The lowest BCUT2D eigenvalue weighted by atomic mass is 10.1. The van der Waals surface area contributed by atoms with Gasteiger partial charge in [0, 0.05) is 12.8 Å². The average Bonchev–Trinajstić information content (AvgIpc) is 2.73. The first-order valence-electron chi connectivity index (χ1n) is 9.75. The topological polar surface area (TPSA) is 123 Å². The Morgan fingerprint density at radius 3 is 1.40 bits per heavy atom. The fourth-order valence-electron chi connectivity index (χ4n) is 2.51. The summed E-state index contributed by atoms with van der Waals surface area (Å²) in [5.74, 6) is 0.0311. The van der Waals surface area contributed by atoms with Crippen LogP contribution < -0.4 is 10.9 Å². The van der Waals surface area contributed by atoms with E-state index >= 15 is 0 Å².